The Kier molecular flexibility index (Phi) is 5.97. The maximum atomic E-state index is 12.6. The van der Waals surface area contributed by atoms with Gasteiger partial charge in [-0.05, 0) is 43.9 Å². The van der Waals surface area contributed by atoms with Gasteiger partial charge in [0.1, 0.15) is 0 Å². The Morgan fingerprint density at radius 2 is 1.74 bits per heavy atom. The Hall–Kier alpha value is -2.18. The van der Waals surface area contributed by atoms with Crippen LogP contribution in [-0.2, 0) is 20.6 Å². The molecule has 27 heavy (non-hydrogen) atoms. The van der Waals surface area contributed by atoms with Gasteiger partial charge in [0.05, 0.1) is 5.75 Å². The van der Waals surface area contributed by atoms with Gasteiger partial charge >= 0.3 is 0 Å². The second-order valence-corrected chi connectivity index (χ2v) is 9.19. The predicted octanol–water partition coefficient (Wildman–Crippen LogP) is 3.48. The number of carbonyl (C=O) groups is 1. The Balaban J connectivity index is 1.57. The number of carbonyl (C=O) groups excluding carboxylic acids is 1. The molecular weight excluding hydrogens is 360 g/mol. The fraction of sp³-hybridized carbons (Fsp3) is 0.381. The number of benzene rings is 2. The molecule has 0 aliphatic carbocycles. The minimum atomic E-state index is -3.35. The van der Waals surface area contributed by atoms with Gasteiger partial charge in [0.2, 0.25) is 15.9 Å². The molecule has 0 aromatic heterocycles. The van der Waals surface area contributed by atoms with Gasteiger partial charge in [-0.3, -0.25) is 4.79 Å². The average molecular weight is 387 g/mol. The van der Waals surface area contributed by atoms with Crippen LogP contribution in [0.3, 0.4) is 0 Å². The Morgan fingerprint density at radius 3 is 2.37 bits per heavy atom. The molecule has 5 nitrogen and oxygen atoms in total. The number of sulfonamides is 1. The lowest BCUT2D eigenvalue weighted by molar-refractivity contribution is -0.120. The van der Waals surface area contributed by atoms with Crippen LogP contribution >= 0.6 is 0 Å². The molecule has 1 fully saturated rings. The minimum absolute atomic E-state index is 0.00721. The van der Waals surface area contributed by atoms with Crippen molar-refractivity contribution in [3.8, 4) is 0 Å². The second kappa shape index (κ2) is 8.23. The number of piperidine rings is 1. The zero-order chi connectivity index (χ0) is 19.4. The van der Waals surface area contributed by atoms with Crippen molar-refractivity contribution >= 4 is 21.6 Å². The highest BCUT2D eigenvalue weighted by atomic mass is 32.2. The summed E-state index contributed by atoms with van der Waals surface area (Å²) in [5, 5.41) is 2.99. The molecule has 0 spiro atoms. The zero-order valence-corrected chi connectivity index (χ0v) is 16.6. The summed E-state index contributed by atoms with van der Waals surface area (Å²) in [7, 11) is -3.35. The summed E-state index contributed by atoms with van der Waals surface area (Å²) in [5.41, 5.74) is 3.80. The van der Waals surface area contributed by atoms with Crippen LogP contribution < -0.4 is 5.32 Å². The number of anilines is 1. The number of hydrogen-bond acceptors (Lipinski definition) is 3. The van der Waals surface area contributed by atoms with Crippen LogP contribution in [0.2, 0.25) is 0 Å². The number of amides is 1. The first kappa shape index (κ1) is 19.6. The van der Waals surface area contributed by atoms with Crippen molar-refractivity contribution in [1.82, 2.24) is 4.31 Å². The summed E-state index contributed by atoms with van der Waals surface area (Å²) >= 11 is 0. The molecule has 3 rings (SSSR count). The lowest BCUT2D eigenvalue weighted by atomic mass is 9.97. The zero-order valence-electron chi connectivity index (χ0n) is 15.8. The number of nitrogens with zero attached hydrogens (tertiary/aromatic N) is 1. The van der Waals surface area contributed by atoms with Crippen molar-refractivity contribution in [2.24, 2.45) is 5.92 Å². The van der Waals surface area contributed by atoms with E-state index in [0.29, 0.717) is 25.9 Å². The van der Waals surface area contributed by atoms with E-state index in [1.807, 2.05) is 62.4 Å². The monoisotopic (exact) mass is 386 g/mol. The molecule has 144 valence electrons. The van der Waals surface area contributed by atoms with Crippen molar-refractivity contribution < 1.29 is 13.2 Å². The molecule has 1 saturated heterocycles. The molecule has 6 heteroatoms. The van der Waals surface area contributed by atoms with Gasteiger partial charge in [-0.1, -0.05) is 48.0 Å². The van der Waals surface area contributed by atoms with E-state index in [-0.39, 0.29) is 17.6 Å². The summed E-state index contributed by atoms with van der Waals surface area (Å²) in [6.45, 7) is 4.77. The normalized spacial score (nSPS) is 16.2. The fourth-order valence-corrected chi connectivity index (χ4v) is 5.02. The highest BCUT2D eigenvalue weighted by Crippen LogP contribution is 2.24. The van der Waals surface area contributed by atoms with Gasteiger partial charge in [0.15, 0.2) is 0 Å². The van der Waals surface area contributed by atoms with Gasteiger partial charge in [-0.25, -0.2) is 12.7 Å². The second-order valence-electron chi connectivity index (χ2n) is 7.22. The van der Waals surface area contributed by atoms with Crippen molar-refractivity contribution in [2.45, 2.75) is 32.4 Å². The molecule has 0 unspecified atom stereocenters. The molecule has 0 atom stereocenters. The third-order valence-corrected chi connectivity index (χ3v) is 6.90. The SMILES string of the molecule is Cc1ccc(NC(=O)C2CCN(S(=O)(=O)Cc3ccccc3)CC2)c(C)c1. The molecule has 1 aliphatic rings. The van der Waals surface area contributed by atoms with Gasteiger partial charge < -0.3 is 5.32 Å². The first-order valence-corrected chi connectivity index (χ1v) is 10.9. The van der Waals surface area contributed by atoms with Gasteiger partial charge in [0, 0.05) is 24.7 Å². The summed E-state index contributed by atoms with van der Waals surface area (Å²) in [6, 6.07) is 15.1. The average Bonchev–Trinajstić information content (AvgIpc) is 2.64. The summed E-state index contributed by atoms with van der Waals surface area (Å²) in [5.74, 6) is -0.177. The van der Waals surface area contributed by atoms with E-state index in [9.17, 15) is 13.2 Å². The van der Waals surface area contributed by atoms with E-state index in [1.165, 1.54) is 4.31 Å². The van der Waals surface area contributed by atoms with E-state index in [2.05, 4.69) is 5.32 Å². The fourth-order valence-electron chi connectivity index (χ4n) is 3.46. The van der Waals surface area contributed by atoms with Crippen LogP contribution in [0.4, 0.5) is 5.69 Å². The maximum Gasteiger partial charge on any atom is 0.227 e. The lowest BCUT2D eigenvalue weighted by Crippen LogP contribution is -2.41. The first-order chi connectivity index (χ1) is 12.8. The Bertz CT molecular complexity index is 902. The Labute approximate surface area is 161 Å². The molecule has 2 aromatic carbocycles. The number of aryl methyl sites for hydroxylation is 2. The van der Waals surface area contributed by atoms with Crippen LogP contribution in [0.1, 0.15) is 29.5 Å². The van der Waals surface area contributed by atoms with E-state index < -0.39 is 10.0 Å². The molecule has 0 bridgehead atoms. The van der Waals surface area contributed by atoms with Gasteiger partial charge in [-0.15, -0.1) is 0 Å². The quantitative estimate of drug-likeness (QED) is 0.855. The third-order valence-electron chi connectivity index (χ3n) is 5.05. The molecule has 1 aliphatic heterocycles. The van der Waals surface area contributed by atoms with Gasteiger partial charge in [-0.2, -0.15) is 0 Å². The van der Waals surface area contributed by atoms with E-state index in [1.54, 1.807) is 0 Å². The van der Waals surface area contributed by atoms with Crippen LogP contribution in [-0.4, -0.2) is 31.7 Å². The van der Waals surface area contributed by atoms with Crippen LogP contribution in [0, 0.1) is 19.8 Å². The standard InChI is InChI=1S/C21H26N2O3S/c1-16-8-9-20(17(2)14-16)22-21(24)19-10-12-23(13-11-19)27(25,26)15-18-6-4-3-5-7-18/h3-9,14,19H,10-13,15H2,1-2H3,(H,22,24). The van der Waals surface area contributed by atoms with Crippen molar-refractivity contribution in [3.63, 3.8) is 0 Å². The number of hydrogen-bond donors (Lipinski definition) is 1. The predicted molar refractivity (Wildman–Crippen MR) is 108 cm³/mol. The largest absolute Gasteiger partial charge is 0.326 e. The number of nitrogens with one attached hydrogen (secondary N) is 1. The summed E-state index contributed by atoms with van der Waals surface area (Å²) in [6.07, 6.45) is 1.09. The van der Waals surface area contributed by atoms with E-state index in [4.69, 9.17) is 0 Å². The summed E-state index contributed by atoms with van der Waals surface area (Å²) < 4.78 is 26.8. The highest BCUT2D eigenvalue weighted by Gasteiger charge is 2.31. The molecule has 1 heterocycles. The van der Waals surface area contributed by atoms with Crippen molar-refractivity contribution in [3.05, 3.63) is 65.2 Å². The molecular formula is C21H26N2O3S. The van der Waals surface area contributed by atoms with Crippen LogP contribution in [0.25, 0.3) is 0 Å². The molecule has 2 aromatic rings. The van der Waals surface area contributed by atoms with Gasteiger partial charge in [0.25, 0.3) is 0 Å². The van der Waals surface area contributed by atoms with Crippen LogP contribution in [0.15, 0.2) is 48.5 Å². The minimum Gasteiger partial charge on any atom is -0.326 e. The molecule has 0 saturated carbocycles. The summed E-state index contributed by atoms with van der Waals surface area (Å²) in [4.78, 5) is 12.6. The Morgan fingerprint density at radius 1 is 1.07 bits per heavy atom. The van der Waals surface area contributed by atoms with Crippen molar-refractivity contribution in [2.75, 3.05) is 18.4 Å². The highest BCUT2D eigenvalue weighted by molar-refractivity contribution is 7.88. The first-order valence-electron chi connectivity index (χ1n) is 9.25. The number of rotatable bonds is 5. The maximum absolute atomic E-state index is 12.6. The lowest BCUT2D eigenvalue weighted by Gasteiger charge is -2.30. The van der Waals surface area contributed by atoms with Crippen molar-refractivity contribution in [1.29, 1.82) is 0 Å². The topological polar surface area (TPSA) is 66.5 Å². The third kappa shape index (κ3) is 4.96. The molecule has 1 N–H and O–H groups in total. The van der Waals surface area contributed by atoms with E-state index >= 15 is 0 Å². The smallest absolute Gasteiger partial charge is 0.227 e. The van der Waals surface area contributed by atoms with E-state index in [0.717, 1.165) is 22.4 Å². The molecule has 1 amide bonds. The molecule has 0 radical (unpaired) electrons. The van der Waals surface area contributed by atoms with Crippen LogP contribution in [0.5, 0.6) is 0 Å².